The lowest BCUT2D eigenvalue weighted by atomic mass is 10.1. The van der Waals surface area contributed by atoms with Crippen LogP contribution in [0.4, 0.5) is 39.0 Å². The Morgan fingerprint density at radius 2 is 1.62 bits per heavy atom. The maximum atomic E-state index is 14.0. The summed E-state index contributed by atoms with van der Waals surface area (Å²) in [7, 11) is 0. The Balaban J connectivity index is 1.89. The zero-order valence-electron chi connectivity index (χ0n) is 17.3. The number of hydrogen-bond acceptors (Lipinski definition) is 2. The fourth-order valence-corrected chi connectivity index (χ4v) is 3.30. The SMILES string of the molecule is C=CCN(c1ccc(NC(=C)c2c(F)cccc2F)cc1)c1cc(C(F)(F)F)ccc1C. The summed E-state index contributed by atoms with van der Waals surface area (Å²) in [6.45, 7) is 9.41. The van der Waals surface area contributed by atoms with Crippen LogP contribution in [0.15, 0.2) is 79.9 Å². The standard InChI is InChI=1S/C25H21F5N2/c1-4-14-32(23-15-18(25(28,29)30)9-8-16(23)2)20-12-10-19(11-13-20)31-17(3)24-21(26)6-5-7-22(24)27/h4-13,15,31H,1,3,14H2,2H3. The molecule has 0 saturated heterocycles. The molecule has 0 atom stereocenters. The molecule has 0 aliphatic carbocycles. The van der Waals surface area contributed by atoms with Crippen LogP contribution in [0.25, 0.3) is 5.70 Å². The highest BCUT2D eigenvalue weighted by atomic mass is 19.4. The summed E-state index contributed by atoms with van der Waals surface area (Å²) in [5, 5.41) is 2.86. The largest absolute Gasteiger partial charge is 0.416 e. The van der Waals surface area contributed by atoms with Gasteiger partial charge in [0.15, 0.2) is 0 Å². The summed E-state index contributed by atoms with van der Waals surface area (Å²) in [6.07, 6.45) is -2.87. The molecule has 3 aromatic carbocycles. The summed E-state index contributed by atoms with van der Waals surface area (Å²) in [4.78, 5) is 1.70. The molecular formula is C25H21F5N2. The van der Waals surface area contributed by atoms with Crippen molar-refractivity contribution in [2.24, 2.45) is 0 Å². The third kappa shape index (κ3) is 4.99. The van der Waals surface area contributed by atoms with Crippen LogP contribution in [0.3, 0.4) is 0 Å². The van der Waals surface area contributed by atoms with Crippen molar-refractivity contribution >= 4 is 22.8 Å². The lowest BCUT2D eigenvalue weighted by Gasteiger charge is -2.26. The highest BCUT2D eigenvalue weighted by Gasteiger charge is 2.31. The van der Waals surface area contributed by atoms with Crippen LogP contribution in [-0.2, 0) is 6.18 Å². The molecule has 0 aliphatic heterocycles. The first-order chi connectivity index (χ1) is 15.1. The number of nitrogens with one attached hydrogen (secondary N) is 1. The predicted octanol–water partition coefficient (Wildman–Crippen LogP) is 7.70. The molecule has 32 heavy (non-hydrogen) atoms. The molecule has 7 heteroatoms. The Bertz CT molecular complexity index is 1110. The van der Waals surface area contributed by atoms with Crippen molar-refractivity contribution in [2.45, 2.75) is 13.1 Å². The van der Waals surface area contributed by atoms with E-state index in [0.29, 0.717) is 22.6 Å². The van der Waals surface area contributed by atoms with Gasteiger partial charge in [-0.05, 0) is 61.0 Å². The van der Waals surface area contributed by atoms with Gasteiger partial charge in [0.25, 0.3) is 0 Å². The van der Waals surface area contributed by atoms with Crippen LogP contribution in [0.1, 0.15) is 16.7 Å². The maximum Gasteiger partial charge on any atom is 0.416 e. The molecule has 166 valence electrons. The Morgan fingerprint density at radius 3 is 2.19 bits per heavy atom. The fourth-order valence-electron chi connectivity index (χ4n) is 3.30. The van der Waals surface area contributed by atoms with Crippen LogP contribution >= 0.6 is 0 Å². The Kier molecular flexibility index (Phi) is 6.67. The van der Waals surface area contributed by atoms with Crippen molar-refractivity contribution in [2.75, 3.05) is 16.8 Å². The first-order valence-corrected chi connectivity index (χ1v) is 9.68. The average Bonchev–Trinajstić information content (AvgIpc) is 2.72. The summed E-state index contributed by atoms with van der Waals surface area (Å²) < 4.78 is 67.6. The second-order valence-electron chi connectivity index (χ2n) is 7.15. The van der Waals surface area contributed by atoms with E-state index in [0.717, 1.165) is 24.3 Å². The van der Waals surface area contributed by atoms with Crippen LogP contribution in [0.5, 0.6) is 0 Å². The minimum atomic E-state index is -4.46. The van der Waals surface area contributed by atoms with Crippen molar-refractivity contribution < 1.29 is 22.0 Å². The van der Waals surface area contributed by atoms with Crippen molar-refractivity contribution in [3.63, 3.8) is 0 Å². The third-order valence-corrected chi connectivity index (χ3v) is 4.88. The molecule has 0 unspecified atom stereocenters. The predicted molar refractivity (Wildman–Crippen MR) is 119 cm³/mol. The molecule has 0 fully saturated rings. The number of aryl methyl sites for hydroxylation is 1. The monoisotopic (exact) mass is 444 g/mol. The molecule has 0 bridgehead atoms. The highest BCUT2D eigenvalue weighted by molar-refractivity contribution is 5.77. The van der Waals surface area contributed by atoms with Crippen molar-refractivity contribution in [1.82, 2.24) is 0 Å². The lowest BCUT2D eigenvalue weighted by molar-refractivity contribution is -0.137. The van der Waals surface area contributed by atoms with Gasteiger partial charge in [0.05, 0.1) is 11.1 Å². The molecule has 2 nitrogen and oxygen atoms in total. The van der Waals surface area contributed by atoms with Gasteiger partial charge in [-0.1, -0.05) is 24.8 Å². The molecule has 0 radical (unpaired) electrons. The summed E-state index contributed by atoms with van der Waals surface area (Å²) in [6, 6.07) is 13.8. The van der Waals surface area contributed by atoms with Crippen molar-refractivity contribution in [1.29, 1.82) is 0 Å². The molecule has 0 saturated carbocycles. The summed E-state index contributed by atoms with van der Waals surface area (Å²) in [5.41, 5.74) is 1.26. The lowest BCUT2D eigenvalue weighted by Crippen LogP contribution is -2.19. The van der Waals surface area contributed by atoms with Crippen LogP contribution < -0.4 is 10.2 Å². The van der Waals surface area contributed by atoms with E-state index in [1.807, 2.05) is 0 Å². The fraction of sp³-hybridized carbons (Fsp3) is 0.120. The number of halogens is 5. The number of benzene rings is 3. The van der Waals surface area contributed by atoms with E-state index in [9.17, 15) is 22.0 Å². The van der Waals surface area contributed by atoms with Gasteiger partial charge in [-0.25, -0.2) is 8.78 Å². The van der Waals surface area contributed by atoms with E-state index in [4.69, 9.17) is 0 Å². The third-order valence-electron chi connectivity index (χ3n) is 4.88. The van der Waals surface area contributed by atoms with Crippen molar-refractivity contribution in [3.05, 3.63) is 108 Å². The molecule has 0 spiro atoms. The molecule has 3 rings (SSSR count). The molecule has 0 amide bonds. The van der Waals surface area contributed by atoms with E-state index in [1.54, 1.807) is 42.2 Å². The van der Waals surface area contributed by atoms with E-state index in [-0.39, 0.29) is 17.8 Å². The molecule has 0 aromatic heterocycles. The van der Waals surface area contributed by atoms with E-state index in [2.05, 4.69) is 18.5 Å². The van der Waals surface area contributed by atoms with E-state index < -0.39 is 23.4 Å². The Morgan fingerprint density at radius 1 is 1.00 bits per heavy atom. The van der Waals surface area contributed by atoms with Gasteiger partial charge in [-0.3, -0.25) is 0 Å². The van der Waals surface area contributed by atoms with E-state index in [1.165, 1.54) is 12.1 Å². The van der Waals surface area contributed by atoms with Gasteiger partial charge in [0.2, 0.25) is 0 Å². The molecule has 0 heterocycles. The Labute approximate surface area is 183 Å². The minimum Gasteiger partial charge on any atom is -0.355 e. The second kappa shape index (κ2) is 9.26. The van der Waals surface area contributed by atoms with Crippen LogP contribution in [0.2, 0.25) is 0 Å². The summed E-state index contributed by atoms with van der Waals surface area (Å²) in [5.74, 6) is -1.48. The number of alkyl halides is 3. The molecule has 0 aliphatic rings. The maximum absolute atomic E-state index is 14.0. The highest BCUT2D eigenvalue weighted by Crippen LogP contribution is 2.36. The normalized spacial score (nSPS) is 11.2. The summed E-state index contributed by atoms with van der Waals surface area (Å²) >= 11 is 0. The molecule has 1 N–H and O–H groups in total. The Hall–Kier alpha value is -3.61. The number of nitrogens with zero attached hydrogens (tertiary/aromatic N) is 1. The van der Waals surface area contributed by atoms with Crippen LogP contribution in [-0.4, -0.2) is 6.54 Å². The number of anilines is 3. The van der Waals surface area contributed by atoms with Gasteiger partial charge in [-0.2, -0.15) is 13.2 Å². The van der Waals surface area contributed by atoms with Crippen LogP contribution in [0, 0.1) is 18.6 Å². The smallest absolute Gasteiger partial charge is 0.355 e. The van der Waals surface area contributed by atoms with Gasteiger partial charge in [0.1, 0.15) is 11.6 Å². The average molecular weight is 444 g/mol. The van der Waals surface area contributed by atoms with Crippen molar-refractivity contribution in [3.8, 4) is 0 Å². The van der Waals surface area contributed by atoms with Gasteiger partial charge >= 0.3 is 6.18 Å². The quantitative estimate of drug-likeness (QED) is 0.297. The molecular weight excluding hydrogens is 423 g/mol. The van der Waals surface area contributed by atoms with Gasteiger partial charge in [0, 0.05) is 29.3 Å². The van der Waals surface area contributed by atoms with Gasteiger partial charge in [-0.15, -0.1) is 6.58 Å². The second-order valence-corrected chi connectivity index (χ2v) is 7.15. The number of rotatable bonds is 7. The molecule has 3 aromatic rings. The first kappa shape index (κ1) is 23.1. The first-order valence-electron chi connectivity index (χ1n) is 9.68. The zero-order valence-corrected chi connectivity index (χ0v) is 17.3. The topological polar surface area (TPSA) is 15.3 Å². The minimum absolute atomic E-state index is 0.0463. The zero-order chi connectivity index (χ0) is 23.5. The van der Waals surface area contributed by atoms with E-state index >= 15 is 0 Å². The van der Waals surface area contributed by atoms with Gasteiger partial charge < -0.3 is 10.2 Å². The number of hydrogen-bond donors (Lipinski definition) is 1.